The van der Waals surface area contributed by atoms with E-state index in [1.54, 1.807) is 0 Å². The first-order valence-corrected chi connectivity index (χ1v) is 7.31. The summed E-state index contributed by atoms with van der Waals surface area (Å²) in [6.07, 6.45) is 2.82. The summed E-state index contributed by atoms with van der Waals surface area (Å²) in [5.74, 6) is -0.555. The van der Waals surface area contributed by atoms with Gasteiger partial charge in [-0.3, -0.25) is 4.72 Å². The molecule has 0 radical (unpaired) electrons. The van der Waals surface area contributed by atoms with Crippen LogP contribution in [0.15, 0.2) is 6.07 Å². The molecule has 1 saturated carbocycles. The molecule has 0 unspecified atom stereocenters. The van der Waals surface area contributed by atoms with E-state index in [0.29, 0.717) is 5.56 Å². The van der Waals surface area contributed by atoms with E-state index in [-0.39, 0.29) is 22.3 Å². The molecule has 3 N–H and O–H groups in total. The SMILES string of the molecule is CS(=O)(=O)Nc1cc(F)c(N)c(Cl)c1C1CC1. The molecule has 0 bridgehead atoms. The summed E-state index contributed by atoms with van der Waals surface area (Å²) < 4.78 is 38.1. The highest BCUT2D eigenvalue weighted by Gasteiger charge is 2.31. The number of nitrogen functional groups attached to an aromatic ring is 1. The predicted molar refractivity (Wildman–Crippen MR) is 66.3 cm³/mol. The summed E-state index contributed by atoms with van der Waals surface area (Å²) in [5.41, 5.74) is 6.15. The molecule has 1 aromatic carbocycles. The average Bonchev–Trinajstić information content (AvgIpc) is 2.96. The first-order valence-electron chi connectivity index (χ1n) is 5.04. The lowest BCUT2D eigenvalue weighted by molar-refractivity contribution is 0.606. The van der Waals surface area contributed by atoms with Crippen LogP contribution in [0.1, 0.15) is 24.3 Å². The largest absolute Gasteiger partial charge is 0.395 e. The Labute approximate surface area is 104 Å². The highest BCUT2D eigenvalue weighted by Crippen LogP contribution is 2.49. The van der Waals surface area contributed by atoms with Gasteiger partial charge < -0.3 is 5.73 Å². The van der Waals surface area contributed by atoms with Gasteiger partial charge in [-0.1, -0.05) is 11.6 Å². The lowest BCUT2D eigenvalue weighted by Gasteiger charge is -2.14. The number of halogens is 2. The van der Waals surface area contributed by atoms with Crippen LogP contribution in [0, 0.1) is 5.82 Å². The second kappa shape index (κ2) is 4.03. The van der Waals surface area contributed by atoms with Crippen molar-refractivity contribution < 1.29 is 12.8 Å². The number of nitrogens with two attached hydrogens (primary N) is 1. The monoisotopic (exact) mass is 278 g/mol. The molecule has 2 rings (SSSR count). The first-order chi connectivity index (χ1) is 7.79. The molecule has 1 fully saturated rings. The maximum atomic E-state index is 13.4. The number of hydrogen-bond acceptors (Lipinski definition) is 3. The molecule has 0 aliphatic heterocycles. The summed E-state index contributed by atoms with van der Waals surface area (Å²) in [6.45, 7) is 0. The molecule has 1 aliphatic rings. The van der Waals surface area contributed by atoms with Crippen LogP contribution in [-0.2, 0) is 10.0 Å². The zero-order valence-corrected chi connectivity index (χ0v) is 10.7. The highest BCUT2D eigenvalue weighted by molar-refractivity contribution is 7.92. The quantitative estimate of drug-likeness (QED) is 0.834. The molecule has 0 spiro atoms. The van der Waals surface area contributed by atoms with Crippen LogP contribution < -0.4 is 10.5 Å². The molecule has 1 aliphatic carbocycles. The third-order valence-electron chi connectivity index (χ3n) is 2.57. The standard InChI is InChI=1S/C10H12ClFN2O2S/c1-17(15,16)14-7-4-6(12)10(13)9(11)8(7)5-2-3-5/h4-5,14H,2-3,13H2,1H3. The number of hydrogen-bond donors (Lipinski definition) is 2. The van der Waals surface area contributed by atoms with Gasteiger partial charge in [-0.05, 0) is 18.8 Å². The van der Waals surface area contributed by atoms with Crippen LogP contribution >= 0.6 is 11.6 Å². The van der Waals surface area contributed by atoms with Crippen molar-refractivity contribution in [2.24, 2.45) is 0 Å². The molecule has 4 nitrogen and oxygen atoms in total. The van der Waals surface area contributed by atoms with Crippen molar-refractivity contribution >= 4 is 33.0 Å². The second-order valence-corrected chi connectivity index (χ2v) is 6.32. The Balaban J connectivity index is 2.57. The molecule has 0 aromatic heterocycles. The second-order valence-electron chi connectivity index (χ2n) is 4.20. The summed E-state index contributed by atoms with van der Waals surface area (Å²) in [4.78, 5) is 0. The smallest absolute Gasteiger partial charge is 0.229 e. The minimum atomic E-state index is -3.47. The van der Waals surface area contributed by atoms with Gasteiger partial charge in [-0.15, -0.1) is 0 Å². The Morgan fingerprint density at radius 2 is 2.12 bits per heavy atom. The van der Waals surface area contributed by atoms with E-state index in [1.165, 1.54) is 0 Å². The third kappa shape index (κ3) is 2.63. The molecule has 0 saturated heterocycles. The average molecular weight is 279 g/mol. The van der Waals surface area contributed by atoms with Crippen molar-refractivity contribution in [3.05, 3.63) is 22.5 Å². The summed E-state index contributed by atoms with van der Waals surface area (Å²) in [7, 11) is -3.47. The molecular weight excluding hydrogens is 267 g/mol. The maximum Gasteiger partial charge on any atom is 0.229 e. The molecule has 17 heavy (non-hydrogen) atoms. The molecular formula is C10H12ClFN2O2S. The fourth-order valence-corrected chi connectivity index (χ4v) is 2.62. The number of nitrogens with one attached hydrogen (secondary N) is 1. The van der Waals surface area contributed by atoms with Gasteiger partial charge in [0.05, 0.1) is 22.7 Å². The first kappa shape index (κ1) is 12.4. The minimum Gasteiger partial charge on any atom is -0.395 e. The van der Waals surface area contributed by atoms with Crippen LogP contribution in [0.25, 0.3) is 0 Å². The minimum absolute atomic E-state index is 0.110. The van der Waals surface area contributed by atoms with Crippen molar-refractivity contribution in [2.45, 2.75) is 18.8 Å². The van der Waals surface area contributed by atoms with Gasteiger partial charge >= 0.3 is 0 Å². The molecule has 94 valence electrons. The zero-order valence-electron chi connectivity index (χ0n) is 9.13. The summed E-state index contributed by atoms with van der Waals surface area (Å²) >= 11 is 5.97. The Hall–Kier alpha value is -1.01. The van der Waals surface area contributed by atoms with Crippen molar-refractivity contribution in [3.8, 4) is 0 Å². The van der Waals surface area contributed by atoms with Crippen LogP contribution in [0.2, 0.25) is 5.02 Å². The maximum absolute atomic E-state index is 13.4. The van der Waals surface area contributed by atoms with Crippen molar-refractivity contribution in [3.63, 3.8) is 0 Å². The van der Waals surface area contributed by atoms with Gasteiger partial charge in [0.15, 0.2) is 0 Å². The van der Waals surface area contributed by atoms with Gasteiger partial charge in [0.25, 0.3) is 0 Å². The molecule has 0 atom stereocenters. The van der Waals surface area contributed by atoms with Crippen LogP contribution in [-0.4, -0.2) is 14.7 Å². The third-order valence-corrected chi connectivity index (χ3v) is 3.57. The Morgan fingerprint density at radius 3 is 2.59 bits per heavy atom. The van der Waals surface area contributed by atoms with Gasteiger partial charge in [0.2, 0.25) is 10.0 Å². The van der Waals surface area contributed by atoms with Gasteiger partial charge in [-0.25, -0.2) is 12.8 Å². The van der Waals surface area contributed by atoms with E-state index >= 15 is 0 Å². The van der Waals surface area contributed by atoms with E-state index in [2.05, 4.69) is 4.72 Å². The lowest BCUT2D eigenvalue weighted by Crippen LogP contribution is -2.12. The normalized spacial score (nSPS) is 15.9. The van der Waals surface area contributed by atoms with E-state index in [9.17, 15) is 12.8 Å². The van der Waals surface area contributed by atoms with Gasteiger partial charge in [0, 0.05) is 11.6 Å². The Morgan fingerprint density at radius 1 is 1.53 bits per heavy atom. The van der Waals surface area contributed by atoms with E-state index in [1.807, 2.05) is 0 Å². The molecule has 0 amide bonds. The lowest BCUT2D eigenvalue weighted by atomic mass is 10.1. The van der Waals surface area contributed by atoms with Gasteiger partial charge in [0.1, 0.15) is 5.82 Å². The van der Waals surface area contributed by atoms with E-state index in [4.69, 9.17) is 17.3 Å². The number of benzene rings is 1. The van der Waals surface area contributed by atoms with E-state index in [0.717, 1.165) is 25.2 Å². The van der Waals surface area contributed by atoms with E-state index < -0.39 is 15.8 Å². The number of anilines is 2. The van der Waals surface area contributed by atoms with Crippen molar-refractivity contribution in [2.75, 3.05) is 16.7 Å². The Kier molecular flexibility index (Phi) is 2.95. The van der Waals surface area contributed by atoms with Crippen molar-refractivity contribution in [1.82, 2.24) is 0 Å². The van der Waals surface area contributed by atoms with Crippen LogP contribution in [0.5, 0.6) is 0 Å². The van der Waals surface area contributed by atoms with Crippen LogP contribution in [0.4, 0.5) is 15.8 Å². The number of sulfonamides is 1. The fraction of sp³-hybridized carbons (Fsp3) is 0.400. The summed E-state index contributed by atoms with van der Waals surface area (Å²) in [6, 6.07) is 1.08. The highest BCUT2D eigenvalue weighted by atomic mass is 35.5. The number of rotatable bonds is 3. The van der Waals surface area contributed by atoms with Gasteiger partial charge in [-0.2, -0.15) is 0 Å². The summed E-state index contributed by atoms with van der Waals surface area (Å²) in [5, 5.41) is 0.110. The van der Waals surface area contributed by atoms with Crippen molar-refractivity contribution in [1.29, 1.82) is 0 Å². The molecule has 7 heteroatoms. The Bertz CT molecular complexity index is 570. The van der Waals surface area contributed by atoms with Crippen LogP contribution in [0.3, 0.4) is 0 Å². The predicted octanol–water partition coefficient (Wildman–Crippen LogP) is 2.31. The molecule has 0 heterocycles. The topological polar surface area (TPSA) is 72.2 Å². The molecule has 1 aromatic rings. The zero-order chi connectivity index (χ0) is 12.8. The fourth-order valence-electron chi connectivity index (χ4n) is 1.71.